The monoisotopic (exact) mass is 603 g/mol. The van der Waals surface area contributed by atoms with Crippen LogP contribution in [0, 0.1) is 6.92 Å². The van der Waals surface area contributed by atoms with E-state index in [1.54, 1.807) is 6.33 Å². The summed E-state index contributed by atoms with van der Waals surface area (Å²) in [4.78, 5) is 24.2. The zero-order valence-corrected chi connectivity index (χ0v) is 25.5. The molecule has 1 aliphatic carbocycles. The van der Waals surface area contributed by atoms with Gasteiger partial charge in [0, 0.05) is 48.9 Å². The van der Waals surface area contributed by atoms with E-state index in [1.165, 1.54) is 11.3 Å². The summed E-state index contributed by atoms with van der Waals surface area (Å²) in [5, 5.41) is 1.32. The fraction of sp³-hybridized carbons (Fsp3) is 0.344. The van der Waals surface area contributed by atoms with Gasteiger partial charge in [-0.2, -0.15) is 0 Å². The normalized spacial score (nSPS) is 18.0. The highest BCUT2D eigenvalue weighted by Crippen LogP contribution is 2.40. The van der Waals surface area contributed by atoms with Gasteiger partial charge in [0.1, 0.15) is 39.9 Å². The summed E-state index contributed by atoms with van der Waals surface area (Å²) in [7, 11) is 2.12. The van der Waals surface area contributed by atoms with Crippen LogP contribution in [-0.2, 0) is 6.42 Å². The van der Waals surface area contributed by atoms with Crippen molar-refractivity contribution in [2.75, 3.05) is 20.1 Å². The lowest BCUT2D eigenvalue weighted by Crippen LogP contribution is -2.35. The number of primary amides is 1. The van der Waals surface area contributed by atoms with Gasteiger partial charge in [-0.05, 0) is 57.5 Å². The number of benzene rings is 1. The minimum Gasteiger partial charge on any atom is -0.489 e. The van der Waals surface area contributed by atoms with Crippen LogP contribution >= 0.6 is 22.9 Å². The fourth-order valence-corrected chi connectivity index (χ4v) is 6.78. The summed E-state index contributed by atoms with van der Waals surface area (Å²) in [6.45, 7) is 5.89. The molecule has 0 bridgehead atoms. The van der Waals surface area contributed by atoms with Gasteiger partial charge in [0.2, 0.25) is 0 Å². The van der Waals surface area contributed by atoms with E-state index in [9.17, 15) is 4.79 Å². The Kier molecular flexibility index (Phi) is 8.07. The molecule has 4 heterocycles. The van der Waals surface area contributed by atoms with Crippen molar-refractivity contribution in [2.45, 2.75) is 51.2 Å². The second-order valence-corrected chi connectivity index (χ2v) is 12.4. The van der Waals surface area contributed by atoms with Crippen LogP contribution < -0.4 is 15.2 Å². The Morgan fingerprint density at radius 2 is 1.98 bits per heavy atom. The molecule has 42 heavy (non-hydrogen) atoms. The zero-order valence-electron chi connectivity index (χ0n) is 23.9. The Hall–Kier alpha value is -3.66. The highest BCUT2D eigenvalue weighted by Gasteiger charge is 2.26. The van der Waals surface area contributed by atoms with E-state index < -0.39 is 12.0 Å². The number of thiophene rings is 1. The number of fused-ring (bicyclic) bond motifs is 1. The number of allylic oxidation sites excluding steroid dienone is 1. The molecule has 2 unspecified atom stereocenters. The zero-order chi connectivity index (χ0) is 29.4. The topological polar surface area (TPSA) is 95.5 Å². The van der Waals surface area contributed by atoms with Crippen molar-refractivity contribution in [1.29, 1.82) is 0 Å². The predicted octanol–water partition coefficient (Wildman–Crippen LogP) is 6.36. The van der Waals surface area contributed by atoms with E-state index in [-0.39, 0.29) is 12.0 Å². The first-order valence-corrected chi connectivity index (χ1v) is 15.4. The molecule has 2 N–H and O–H groups in total. The van der Waals surface area contributed by atoms with E-state index in [2.05, 4.69) is 35.1 Å². The number of nitrogens with two attached hydrogens (primary N) is 1. The smallest absolute Gasteiger partial charge is 0.262 e. The minimum atomic E-state index is -0.546. The lowest BCUT2D eigenvalue weighted by Gasteiger charge is -2.30. The number of imidazole rings is 1. The molecular weight excluding hydrogens is 570 g/mol. The van der Waals surface area contributed by atoms with Gasteiger partial charge < -0.3 is 20.1 Å². The van der Waals surface area contributed by atoms with Crippen LogP contribution in [0.15, 0.2) is 55.0 Å². The highest BCUT2D eigenvalue weighted by molar-refractivity contribution is 7.16. The van der Waals surface area contributed by atoms with Crippen molar-refractivity contribution < 1.29 is 14.3 Å². The molecule has 2 atom stereocenters. The van der Waals surface area contributed by atoms with Crippen LogP contribution in [0.3, 0.4) is 0 Å². The molecule has 6 rings (SSSR count). The Morgan fingerprint density at radius 1 is 1.17 bits per heavy atom. The van der Waals surface area contributed by atoms with Gasteiger partial charge in [0.05, 0.1) is 16.4 Å². The summed E-state index contributed by atoms with van der Waals surface area (Å²) < 4.78 is 14.6. The van der Waals surface area contributed by atoms with Crippen LogP contribution in [-0.4, -0.2) is 51.6 Å². The molecule has 1 aromatic carbocycles. The predicted molar refractivity (Wildman–Crippen MR) is 166 cm³/mol. The first kappa shape index (κ1) is 28.5. The van der Waals surface area contributed by atoms with Gasteiger partial charge in [0.25, 0.3) is 5.91 Å². The lowest BCUT2D eigenvalue weighted by molar-refractivity contribution is 0.0998. The van der Waals surface area contributed by atoms with Crippen molar-refractivity contribution in [3.8, 4) is 16.5 Å². The van der Waals surface area contributed by atoms with Crippen LogP contribution in [0.1, 0.15) is 69.7 Å². The van der Waals surface area contributed by atoms with Crippen molar-refractivity contribution >= 4 is 34.9 Å². The van der Waals surface area contributed by atoms with Gasteiger partial charge in [-0.3, -0.25) is 14.3 Å². The minimum absolute atomic E-state index is 0.130. The third-order valence-electron chi connectivity index (χ3n) is 7.99. The number of hydrogen-bond acceptors (Lipinski definition) is 7. The fourth-order valence-electron chi connectivity index (χ4n) is 5.52. The number of nitrogens with zero attached hydrogens (tertiary/aromatic N) is 4. The Morgan fingerprint density at radius 3 is 2.71 bits per heavy atom. The summed E-state index contributed by atoms with van der Waals surface area (Å²) in [6.07, 6.45) is 10.3. The first-order chi connectivity index (χ1) is 20.3. The third kappa shape index (κ3) is 5.82. The number of rotatable bonds is 8. The van der Waals surface area contributed by atoms with E-state index in [4.69, 9.17) is 31.8 Å². The molecule has 1 fully saturated rings. The number of carbonyl (C=O) groups is 1. The number of piperidine rings is 1. The van der Waals surface area contributed by atoms with E-state index in [0.717, 1.165) is 65.6 Å². The van der Waals surface area contributed by atoms with Crippen LogP contribution in [0.2, 0.25) is 5.02 Å². The average Bonchev–Trinajstić information content (AvgIpc) is 3.59. The molecular formula is C32H34ClN5O3S. The molecule has 8 nitrogen and oxygen atoms in total. The summed E-state index contributed by atoms with van der Waals surface area (Å²) in [6, 6.07) is 11.7. The molecule has 3 aromatic heterocycles. The number of likely N-dealkylation sites (tertiary alicyclic amines) is 1. The van der Waals surface area contributed by atoms with Crippen LogP contribution in [0.25, 0.3) is 11.1 Å². The second kappa shape index (κ2) is 11.9. The number of halogens is 1. The number of pyridine rings is 1. The molecule has 1 aliphatic heterocycles. The van der Waals surface area contributed by atoms with Crippen molar-refractivity contribution in [1.82, 2.24) is 19.4 Å². The molecule has 1 saturated heterocycles. The molecule has 0 spiro atoms. The number of aryl methyl sites for hydroxylation is 1. The second-order valence-electron chi connectivity index (χ2n) is 11.0. The van der Waals surface area contributed by atoms with Gasteiger partial charge in [-0.15, -0.1) is 11.3 Å². The maximum atomic E-state index is 12.5. The number of carbonyl (C=O) groups excluding carboxylic acids is 1. The largest absolute Gasteiger partial charge is 0.489 e. The molecule has 1 amide bonds. The van der Waals surface area contributed by atoms with Crippen molar-refractivity contribution in [2.24, 2.45) is 5.73 Å². The lowest BCUT2D eigenvalue weighted by atomic mass is 9.90. The maximum Gasteiger partial charge on any atom is 0.262 e. The Labute approximate surface area is 254 Å². The number of ether oxygens (including phenoxy) is 2. The summed E-state index contributed by atoms with van der Waals surface area (Å²) in [5.74, 6) is 0.730. The summed E-state index contributed by atoms with van der Waals surface area (Å²) >= 11 is 8.10. The standard InChI is InChI=1S/C32H34ClN5O3S/c1-19-7-8-22(17-35-19)21-9-10-26-25(15-21)36-18-38(26)29-16-28(31(42-29)32(34)39)40-20(2)24-5-4-6-27(30(24)33)41-23-11-13-37(3)14-12-23/h4-10,16-18,20-21,23H,11-15H2,1-3H3,(H2,34,39). The van der Waals surface area contributed by atoms with E-state index in [1.807, 2.05) is 54.9 Å². The maximum absolute atomic E-state index is 12.5. The molecule has 0 saturated carbocycles. The molecule has 0 radical (unpaired) electrons. The number of aromatic nitrogens is 3. The summed E-state index contributed by atoms with van der Waals surface area (Å²) in [5.41, 5.74) is 10.7. The molecule has 10 heteroatoms. The third-order valence-corrected chi connectivity index (χ3v) is 9.52. The first-order valence-electron chi connectivity index (χ1n) is 14.2. The van der Waals surface area contributed by atoms with Gasteiger partial charge in [-0.25, -0.2) is 4.98 Å². The van der Waals surface area contributed by atoms with Gasteiger partial charge >= 0.3 is 0 Å². The Balaban J connectivity index is 1.22. The van der Waals surface area contributed by atoms with Crippen LogP contribution in [0.4, 0.5) is 0 Å². The van der Waals surface area contributed by atoms with Crippen molar-refractivity contribution in [3.05, 3.63) is 93.1 Å². The van der Waals surface area contributed by atoms with Gasteiger partial charge in [-0.1, -0.05) is 35.9 Å². The van der Waals surface area contributed by atoms with Crippen LogP contribution in [0.5, 0.6) is 11.5 Å². The van der Waals surface area contributed by atoms with Gasteiger partial charge in [0.15, 0.2) is 0 Å². The van der Waals surface area contributed by atoms with Crippen molar-refractivity contribution in [3.63, 3.8) is 0 Å². The number of amides is 1. The Bertz CT molecular complexity index is 1620. The SMILES string of the molecule is Cc1ccc(C2C=Cc3c(ncn3-c3cc(OC(C)c4cccc(OC5CCN(C)CC5)c4Cl)c(C(N)=O)s3)C2)cn1. The number of hydrogen-bond donors (Lipinski definition) is 1. The molecule has 2 aliphatic rings. The molecule has 218 valence electrons. The highest BCUT2D eigenvalue weighted by atomic mass is 35.5. The quantitative estimate of drug-likeness (QED) is 0.252. The average molecular weight is 604 g/mol. The van der Waals surface area contributed by atoms with E-state index in [0.29, 0.717) is 21.4 Å². The molecule has 4 aromatic rings. The van der Waals surface area contributed by atoms with E-state index >= 15 is 0 Å².